The van der Waals surface area contributed by atoms with Gasteiger partial charge in [-0.15, -0.1) is 10.2 Å². The highest BCUT2D eigenvalue weighted by atomic mass is 32.1. The van der Waals surface area contributed by atoms with E-state index >= 15 is 0 Å². The Morgan fingerprint density at radius 2 is 1.92 bits per heavy atom. The zero-order valence-corrected chi connectivity index (χ0v) is 14.5. The van der Waals surface area contributed by atoms with Gasteiger partial charge in [0, 0.05) is 12.0 Å². The lowest BCUT2D eigenvalue weighted by atomic mass is 10.2. The molecule has 1 aromatic carbocycles. The summed E-state index contributed by atoms with van der Waals surface area (Å²) in [6.45, 7) is 4.38. The van der Waals surface area contributed by atoms with Crippen LogP contribution >= 0.6 is 11.3 Å². The minimum atomic E-state index is -0.339. The third kappa shape index (κ3) is 5.31. The third-order valence-electron chi connectivity index (χ3n) is 3.01. The number of carbonyl (C=O) groups is 2. The largest absolute Gasteiger partial charge is 0.494 e. The van der Waals surface area contributed by atoms with Crippen molar-refractivity contribution < 1.29 is 14.3 Å². The number of amides is 2. The van der Waals surface area contributed by atoms with Crippen LogP contribution in [0.5, 0.6) is 5.75 Å². The van der Waals surface area contributed by atoms with Gasteiger partial charge in [-0.2, -0.15) is 0 Å². The maximum Gasteiger partial charge on any atom is 0.251 e. The lowest BCUT2D eigenvalue weighted by Gasteiger charge is -2.06. The molecule has 0 bridgehead atoms. The zero-order valence-electron chi connectivity index (χ0n) is 13.7. The molecule has 2 N–H and O–H groups in total. The first-order valence-corrected chi connectivity index (χ1v) is 8.57. The van der Waals surface area contributed by atoms with E-state index in [1.54, 1.807) is 24.3 Å². The summed E-state index contributed by atoms with van der Waals surface area (Å²) in [4.78, 5) is 23.9. The van der Waals surface area contributed by atoms with Crippen LogP contribution in [0.3, 0.4) is 0 Å². The summed E-state index contributed by atoms with van der Waals surface area (Å²) in [7, 11) is 0. The molecule has 0 aliphatic heterocycles. The Balaban J connectivity index is 1.80. The van der Waals surface area contributed by atoms with E-state index in [9.17, 15) is 9.59 Å². The molecule has 1 aromatic heterocycles. The van der Waals surface area contributed by atoms with Gasteiger partial charge in [-0.1, -0.05) is 18.3 Å². The van der Waals surface area contributed by atoms with Crippen molar-refractivity contribution in [2.45, 2.75) is 26.7 Å². The highest BCUT2D eigenvalue weighted by Gasteiger charge is 2.10. The standard InChI is InChI=1S/C16H20N4O3S/c1-3-5-14-19-20-16(24-14)18-13(21)10-17-15(22)11-6-8-12(9-7-11)23-4-2/h6-9H,3-5,10H2,1-2H3,(H,17,22)(H,18,20,21). The molecule has 0 fully saturated rings. The number of hydrogen-bond donors (Lipinski definition) is 2. The second kappa shape index (κ2) is 8.97. The number of nitrogens with zero attached hydrogens (tertiary/aromatic N) is 2. The summed E-state index contributed by atoms with van der Waals surface area (Å²) in [6.07, 6.45) is 1.81. The van der Waals surface area contributed by atoms with Gasteiger partial charge in [0.25, 0.3) is 5.91 Å². The van der Waals surface area contributed by atoms with Gasteiger partial charge >= 0.3 is 0 Å². The van der Waals surface area contributed by atoms with Gasteiger partial charge < -0.3 is 10.1 Å². The van der Waals surface area contributed by atoms with Crippen molar-refractivity contribution in [2.24, 2.45) is 0 Å². The Hall–Kier alpha value is -2.48. The third-order valence-corrected chi connectivity index (χ3v) is 3.91. The SMILES string of the molecule is CCCc1nnc(NC(=O)CNC(=O)c2ccc(OCC)cc2)s1. The molecule has 0 saturated carbocycles. The minimum absolute atomic E-state index is 0.130. The normalized spacial score (nSPS) is 10.2. The number of benzene rings is 1. The molecule has 24 heavy (non-hydrogen) atoms. The van der Waals surface area contributed by atoms with Crippen molar-refractivity contribution >= 4 is 28.3 Å². The smallest absolute Gasteiger partial charge is 0.251 e. The Bertz CT molecular complexity index is 685. The Morgan fingerprint density at radius 1 is 1.17 bits per heavy atom. The van der Waals surface area contributed by atoms with E-state index in [2.05, 4.69) is 27.8 Å². The van der Waals surface area contributed by atoms with E-state index in [0.717, 1.165) is 17.8 Å². The number of nitrogens with one attached hydrogen (secondary N) is 2. The second-order valence-electron chi connectivity index (χ2n) is 4.94. The van der Waals surface area contributed by atoms with Crippen molar-refractivity contribution in [3.05, 3.63) is 34.8 Å². The summed E-state index contributed by atoms with van der Waals surface area (Å²) in [6, 6.07) is 6.74. The molecule has 128 valence electrons. The fourth-order valence-corrected chi connectivity index (χ4v) is 2.77. The fourth-order valence-electron chi connectivity index (χ4n) is 1.91. The van der Waals surface area contributed by atoms with Gasteiger partial charge in [-0.25, -0.2) is 0 Å². The molecular formula is C16H20N4O3S. The van der Waals surface area contributed by atoms with Crippen LogP contribution < -0.4 is 15.4 Å². The Kier molecular flexibility index (Phi) is 6.68. The number of carbonyl (C=O) groups excluding carboxylic acids is 2. The summed E-state index contributed by atoms with van der Waals surface area (Å²) >= 11 is 1.34. The topological polar surface area (TPSA) is 93.2 Å². The van der Waals surface area contributed by atoms with Crippen LogP contribution in [0.15, 0.2) is 24.3 Å². The number of aromatic nitrogens is 2. The van der Waals surface area contributed by atoms with Gasteiger partial charge in [0.1, 0.15) is 10.8 Å². The molecule has 0 saturated heterocycles. The molecule has 0 radical (unpaired) electrons. The van der Waals surface area contributed by atoms with Crippen LogP contribution in [0.2, 0.25) is 0 Å². The summed E-state index contributed by atoms with van der Waals surface area (Å²) in [5.74, 6) is 0.0385. The predicted molar refractivity (Wildman–Crippen MR) is 92.5 cm³/mol. The average molecular weight is 348 g/mol. The summed E-state index contributed by atoms with van der Waals surface area (Å²) < 4.78 is 5.32. The first-order chi connectivity index (χ1) is 11.6. The molecule has 0 atom stereocenters. The highest BCUT2D eigenvalue weighted by molar-refractivity contribution is 7.15. The zero-order chi connectivity index (χ0) is 17.4. The number of anilines is 1. The van der Waals surface area contributed by atoms with Crippen LogP contribution in [-0.2, 0) is 11.2 Å². The second-order valence-corrected chi connectivity index (χ2v) is 6.00. The maximum absolute atomic E-state index is 12.0. The Morgan fingerprint density at radius 3 is 2.58 bits per heavy atom. The lowest BCUT2D eigenvalue weighted by Crippen LogP contribution is -2.32. The van der Waals surface area contributed by atoms with Crippen LogP contribution in [-0.4, -0.2) is 35.2 Å². The van der Waals surface area contributed by atoms with Gasteiger partial charge in [0.05, 0.1) is 13.2 Å². The van der Waals surface area contributed by atoms with Gasteiger partial charge in [-0.05, 0) is 37.6 Å². The molecule has 0 spiro atoms. The van der Waals surface area contributed by atoms with Crippen LogP contribution in [0.25, 0.3) is 0 Å². The van der Waals surface area contributed by atoms with Gasteiger partial charge in [-0.3, -0.25) is 14.9 Å². The maximum atomic E-state index is 12.0. The number of hydrogen-bond acceptors (Lipinski definition) is 6. The molecule has 1 heterocycles. The van der Waals surface area contributed by atoms with Crippen molar-refractivity contribution in [3.63, 3.8) is 0 Å². The molecule has 2 aromatic rings. The number of ether oxygens (including phenoxy) is 1. The summed E-state index contributed by atoms with van der Waals surface area (Å²) in [5.41, 5.74) is 0.465. The predicted octanol–water partition coefficient (Wildman–Crippen LogP) is 2.26. The van der Waals surface area contributed by atoms with E-state index < -0.39 is 0 Å². The molecule has 2 amide bonds. The van der Waals surface area contributed by atoms with Crippen LogP contribution in [0.1, 0.15) is 35.6 Å². The van der Waals surface area contributed by atoms with Crippen molar-refractivity contribution in [3.8, 4) is 5.75 Å². The van der Waals surface area contributed by atoms with E-state index in [0.29, 0.717) is 23.1 Å². The first kappa shape index (κ1) is 17.9. The van der Waals surface area contributed by atoms with E-state index in [1.807, 2.05) is 6.92 Å². The molecule has 0 aliphatic carbocycles. The highest BCUT2D eigenvalue weighted by Crippen LogP contribution is 2.16. The number of aryl methyl sites for hydroxylation is 1. The van der Waals surface area contributed by atoms with Crippen LogP contribution in [0.4, 0.5) is 5.13 Å². The monoisotopic (exact) mass is 348 g/mol. The summed E-state index contributed by atoms with van der Waals surface area (Å²) in [5, 5.41) is 14.4. The van der Waals surface area contributed by atoms with Crippen LogP contribution in [0, 0.1) is 0 Å². The van der Waals surface area contributed by atoms with E-state index in [4.69, 9.17) is 4.74 Å². The fraction of sp³-hybridized carbons (Fsp3) is 0.375. The average Bonchev–Trinajstić information content (AvgIpc) is 3.01. The molecule has 8 heteroatoms. The quantitative estimate of drug-likeness (QED) is 0.763. The van der Waals surface area contributed by atoms with Gasteiger partial charge in [0.15, 0.2) is 0 Å². The molecular weight excluding hydrogens is 328 g/mol. The molecule has 0 unspecified atom stereocenters. The van der Waals surface area contributed by atoms with Crippen molar-refractivity contribution in [1.29, 1.82) is 0 Å². The number of rotatable bonds is 8. The Labute approximate surface area is 144 Å². The lowest BCUT2D eigenvalue weighted by molar-refractivity contribution is -0.115. The molecule has 2 rings (SSSR count). The van der Waals surface area contributed by atoms with E-state index in [-0.39, 0.29) is 18.4 Å². The molecule has 0 aliphatic rings. The van der Waals surface area contributed by atoms with Crippen molar-refractivity contribution in [2.75, 3.05) is 18.5 Å². The first-order valence-electron chi connectivity index (χ1n) is 7.75. The van der Waals surface area contributed by atoms with E-state index in [1.165, 1.54) is 11.3 Å². The van der Waals surface area contributed by atoms with Gasteiger partial charge in [0.2, 0.25) is 11.0 Å². The minimum Gasteiger partial charge on any atom is -0.494 e. The van der Waals surface area contributed by atoms with Crippen molar-refractivity contribution in [1.82, 2.24) is 15.5 Å². The molecule has 7 nitrogen and oxygen atoms in total.